The summed E-state index contributed by atoms with van der Waals surface area (Å²) in [5, 5.41) is 2.75. The van der Waals surface area contributed by atoms with E-state index >= 15 is 0 Å². The molecule has 130 valence electrons. The van der Waals surface area contributed by atoms with Crippen molar-refractivity contribution in [3.05, 3.63) is 35.9 Å². The Labute approximate surface area is 136 Å². The van der Waals surface area contributed by atoms with E-state index in [1.165, 1.54) is 0 Å². The number of benzene rings is 1. The first-order valence-corrected chi connectivity index (χ1v) is 9.07. The van der Waals surface area contributed by atoms with Gasteiger partial charge in [0.1, 0.15) is 0 Å². The molecule has 3 N–H and O–H groups in total. The van der Waals surface area contributed by atoms with Gasteiger partial charge in [0.25, 0.3) is 0 Å². The molecule has 1 aromatic rings. The molecule has 0 aliphatic rings. The summed E-state index contributed by atoms with van der Waals surface area (Å²) in [5.74, 6) is -0.190. The van der Waals surface area contributed by atoms with Gasteiger partial charge in [-0.3, -0.25) is 9.32 Å². The molecule has 23 heavy (non-hydrogen) atoms. The molecule has 0 saturated carbocycles. The van der Waals surface area contributed by atoms with Crippen LogP contribution in [-0.4, -0.2) is 35.5 Å². The van der Waals surface area contributed by atoms with E-state index in [9.17, 15) is 9.36 Å². The van der Waals surface area contributed by atoms with Gasteiger partial charge in [0, 0.05) is 19.6 Å². The van der Waals surface area contributed by atoms with E-state index in [1.54, 1.807) is 24.3 Å². The molecule has 1 amide bonds. The molecule has 0 saturated heterocycles. The number of nitrogens with one attached hydrogen (secondary N) is 1. The van der Waals surface area contributed by atoms with Gasteiger partial charge >= 0.3 is 7.82 Å². The number of hydrogen-bond acceptors (Lipinski definition) is 4. The first-order chi connectivity index (χ1) is 10.9. The minimum Gasteiger partial charge on any atom is -0.382 e. The average Bonchev–Trinajstić information content (AvgIpc) is 2.51. The molecule has 0 aliphatic carbocycles. The maximum absolute atomic E-state index is 12.0. The van der Waals surface area contributed by atoms with E-state index in [1.807, 2.05) is 13.0 Å². The molecule has 0 bridgehead atoms. The molecule has 0 aromatic heterocycles. The van der Waals surface area contributed by atoms with Gasteiger partial charge in [-0.2, -0.15) is 0 Å². The standard InChI is InChI=1S/C15H24NO6P/c1-2-21-11-7-6-10-15(17)16-14(12-22-23(18,19)20)13-8-4-3-5-9-13/h3-5,8-9,14H,2,6-7,10-12H2,1H3,(H,16,17)(H2,18,19,20)/t14-/m0/s1. The highest BCUT2D eigenvalue weighted by atomic mass is 31.2. The van der Waals surface area contributed by atoms with E-state index in [2.05, 4.69) is 9.84 Å². The normalized spacial score (nSPS) is 12.8. The lowest BCUT2D eigenvalue weighted by Gasteiger charge is -2.19. The fourth-order valence-corrected chi connectivity index (χ4v) is 2.32. The first-order valence-electron chi connectivity index (χ1n) is 7.54. The number of rotatable bonds is 11. The SMILES string of the molecule is CCOCCCCC(=O)N[C@@H](COP(=O)(O)O)c1ccccc1. The quantitative estimate of drug-likeness (QED) is 0.419. The van der Waals surface area contributed by atoms with E-state index in [4.69, 9.17) is 14.5 Å². The lowest BCUT2D eigenvalue weighted by molar-refractivity contribution is -0.122. The van der Waals surface area contributed by atoms with Gasteiger partial charge in [-0.05, 0) is 25.3 Å². The maximum atomic E-state index is 12.0. The molecule has 0 aliphatic heterocycles. The average molecular weight is 345 g/mol. The Morgan fingerprint density at radius 3 is 2.57 bits per heavy atom. The van der Waals surface area contributed by atoms with Crippen molar-refractivity contribution in [2.24, 2.45) is 0 Å². The molecule has 1 rings (SSSR count). The van der Waals surface area contributed by atoms with Gasteiger partial charge in [-0.1, -0.05) is 30.3 Å². The van der Waals surface area contributed by atoms with Gasteiger partial charge in [-0.25, -0.2) is 4.57 Å². The van der Waals surface area contributed by atoms with E-state index in [-0.39, 0.29) is 12.5 Å². The minimum absolute atomic E-state index is 0.190. The van der Waals surface area contributed by atoms with Crippen LogP contribution in [0.3, 0.4) is 0 Å². The van der Waals surface area contributed by atoms with Crippen molar-refractivity contribution in [2.45, 2.75) is 32.2 Å². The second kappa shape index (κ2) is 10.5. The van der Waals surface area contributed by atoms with Crippen molar-refractivity contribution < 1.29 is 28.4 Å². The Morgan fingerprint density at radius 2 is 1.96 bits per heavy atom. The first kappa shape index (κ1) is 19.8. The number of phosphoric ester groups is 1. The van der Waals surface area contributed by atoms with E-state index < -0.39 is 13.9 Å². The second-order valence-electron chi connectivity index (χ2n) is 4.97. The predicted octanol–water partition coefficient (Wildman–Crippen LogP) is 2.16. The Kier molecular flexibility index (Phi) is 9.06. The number of carbonyl (C=O) groups is 1. The second-order valence-corrected chi connectivity index (χ2v) is 6.21. The predicted molar refractivity (Wildman–Crippen MR) is 85.7 cm³/mol. The Hall–Kier alpha value is -1.24. The molecular weight excluding hydrogens is 321 g/mol. The summed E-state index contributed by atoms with van der Waals surface area (Å²) in [7, 11) is -4.59. The lowest BCUT2D eigenvalue weighted by atomic mass is 10.1. The Balaban J connectivity index is 2.52. The fourth-order valence-electron chi connectivity index (χ4n) is 1.98. The highest BCUT2D eigenvalue weighted by Crippen LogP contribution is 2.37. The molecule has 0 heterocycles. The third-order valence-electron chi connectivity index (χ3n) is 3.09. The third-order valence-corrected chi connectivity index (χ3v) is 3.58. The lowest BCUT2D eigenvalue weighted by Crippen LogP contribution is -2.31. The van der Waals surface area contributed by atoms with Gasteiger partial charge in [0.05, 0.1) is 12.6 Å². The van der Waals surface area contributed by atoms with Crippen LogP contribution in [0.5, 0.6) is 0 Å². The van der Waals surface area contributed by atoms with Crippen LogP contribution in [0.2, 0.25) is 0 Å². The van der Waals surface area contributed by atoms with Crippen LogP contribution in [0, 0.1) is 0 Å². The van der Waals surface area contributed by atoms with Crippen LogP contribution in [0.15, 0.2) is 30.3 Å². The van der Waals surface area contributed by atoms with Gasteiger partial charge in [-0.15, -0.1) is 0 Å². The van der Waals surface area contributed by atoms with Crippen molar-refractivity contribution in [2.75, 3.05) is 19.8 Å². The van der Waals surface area contributed by atoms with Crippen LogP contribution >= 0.6 is 7.82 Å². The number of amides is 1. The monoisotopic (exact) mass is 345 g/mol. The summed E-state index contributed by atoms with van der Waals surface area (Å²) in [5.41, 5.74) is 0.726. The number of hydrogen-bond donors (Lipinski definition) is 3. The molecule has 0 radical (unpaired) electrons. The molecule has 0 fully saturated rings. The minimum atomic E-state index is -4.59. The molecule has 0 spiro atoms. The molecule has 1 aromatic carbocycles. The number of ether oxygens (including phenoxy) is 1. The number of phosphoric acid groups is 1. The Morgan fingerprint density at radius 1 is 1.26 bits per heavy atom. The van der Waals surface area contributed by atoms with Crippen molar-refractivity contribution >= 4 is 13.7 Å². The van der Waals surface area contributed by atoms with Crippen molar-refractivity contribution in [3.63, 3.8) is 0 Å². The van der Waals surface area contributed by atoms with Gasteiger partial charge in [0.15, 0.2) is 0 Å². The highest BCUT2D eigenvalue weighted by molar-refractivity contribution is 7.46. The largest absolute Gasteiger partial charge is 0.469 e. The zero-order valence-electron chi connectivity index (χ0n) is 13.2. The third kappa shape index (κ3) is 9.48. The number of unbranched alkanes of at least 4 members (excludes halogenated alkanes) is 1. The molecule has 1 atom stereocenters. The van der Waals surface area contributed by atoms with Crippen LogP contribution in [0.4, 0.5) is 0 Å². The van der Waals surface area contributed by atoms with Crippen LogP contribution < -0.4 is 5.32 Å². The van der Waals surface area contributed by atoms with E-state index in [0.29, 0.717) is 26.1 Å². The molecule has 7 nitrogen and oxygen atoms in total. The summed E-state index contributed by atoms with van der Waals surface area (Å²) in [6.07, 6.45) is 1.80. The van der Waals surface area contributed by atoms with Crippen LogP contribution in [-0.2, 0) is 18.6 Å². The summed E-state index contributed by atoms with van der Waals surface area (Å²) in [4.78, 5) is 29.6. The van der Waals surface area contributed by atoms with Crippen LogP contribution in [0.1, 0.15) is 37.8 Å². The zero-order valence-corrected chi connectivity index (χ0v) is 14.1. The highest BCUT2D eigenvalue weighted by Gasteiger charge is 2.20. The Bertz CT molecular complexity index is 504. The zero-order chi connectivity index (χ0) is 17.1. The molecule has 8 heteroatoms. The smallest absolute Gasteiger partial charge is 0.382 e. The summed E-state index contributed by atoms with van der Waals surface area (Å²) < 4.78 is 20.6. The van der Waals surface area contributed by atoms with E-state index in [0.717, 1.165) is 12.0 Å². The summed E-state index contributed by atoms with van der Waals surface area (Å²) >= 11 is 0. The molecule has 0 unspecified atom stereocenters. The number of carbonyl (C=O) groups excluding carboxylic acids is 1. The molecular formula is C15H24NO6P. The fraction of sp³-hybridized carbons (Fsp3) is 0.533. The van der Waals surface area contributed by atoms with Crippen molar-refractivity contribution in [1.29, 1.82) is 0 Å². The summed E-state index contributed by atoms with van der Waals surface area (Å²) in [6.45, 7) is 2.90. The van der Waals surface area contributed by atoms with Crippen LogP contribution in [0.25, 0.3) is 0 Å². The van der Waals surface area contributed by atoms with Crippen molar-refractivity contribution in [1.82, 2.24) is 5.32 Å². The summed E-state index contributed by atoms with van der Waals surface area (Å²) in [6, 6.07) is 8.32. The van der Waals surface area contributed by atoms with Crippen molar-refractivity contribution in [3.8, 4) is 0 Å². The maximum Gasteiger partial charge on any atom is 0.469 e. The topological polar surface area (TPSA) is 105 Å². The van der Waals surface area contributed by atoms with Gasteiger partial charge < -0.3 is 19.8 Å². The van der Waals surface area contributed by atoms with Gasteiger partial charge in [0.2, 0.25) is 5.91 Å².